The molecule has 0 aromatic heterocycles. The molecular formula is C19H29NO3. The highest BCUT2D eigenvalue weighted by Crippen LogP contribution is 2.26. The molecule has 128 valence electrons. The van der Waals surface area contributed by atoms with Crippen molar-refractivity contribution < 1.29 is 14.6 Å². The number of aromatic hydroxyl groups is 1. The van der Waals surface area contributed by atoms with Crippen LogP contribution in [0.2, 0.25) is 0 Å². The predicted octanol–water partition coefficient (Wildman–Crippen LogP) is 4.18. The molecule has 0 atom stereocenters. The molecule has 0 saturated heterocycles. The Kier molecular flexibility index (Phi) is 8.88. The maximum Gasteiger partial charge on any atom is 0.220 e. The highest BCUT2D eigenvalue weighted by Gasteiger charge is 2.04. The van der Waals surface area contributed by atoms with E-state index in [1.165, 1.54) is 7.11 Å². The molecule has 0 aliphatic carbocycles. The minimum absolute atomic E-state index is 0.0537. The third-order valence-electron chi connectivity index (χ3n) is 3.53. The summed E-state index contributed by atoms with van der Waals surface area (Å²) in [6.07, 6.45) is 9.19. The molecule has 1 amide bonds. The van der Waals surface area contributed by atoms with Crippen molar-refractivity contribution in [1.29, 1.82) is 0 Å². The number of methoxy groups -OCH3 is 1. The first-order valence-electron chi connectivity index (χ1n) is 8.32. The number of carbonyl (C=O) groups excluding carboxylic acids is 1. The molecule has 4 heteroatoms. The monoisotopic (exact) mass is 319 g/mol. The Labute approximate surface area is 139 Å². The molecular weight excluding hydrogens is 290 g/mol. The van der Waals surface area contributed by atoms with Gasteiger partial charge in [-0.3, -0.25) is 4.79 Å². The molecule has 2 N–H and O–H groups in total. The fraction of sp³-hybridized carbons (Fsp3) is 0.526. The Morgan fingerprint density at radius 3 is 2.74 bits per heavy atom. The normalized spacial score (nSPS) is 11.1. The zero-order chi connectivity index (χ0) is 17.1. The highest BCUT2D eigenvalue weighted by atomic mass is 16.5. The average Bonchev–Trinajstić information content (AvgIpc) is 2.51. The van der Waals surface area contributed by atoms with Gasteiger partial charge in [0.2, 0.25) is 5.91 Å². The first-order chi connectivity index (χ1) is 11.0. The molecule has 0 saturated carbocycles. The van der Waals surface area contributed by atoms with Gasteiger partial charge in [-0.15, -0.1) is 0 Å². The second-order valence-electron chi connectivity index (χ2n) is 6.05. The summed E-state index contributed by atoms with van der Waals surface area (Å²) in [5.74, 6) is 1.19. The molecule has 0 unspecified atom stereocenters. The van der Waals surface area contributed by atoms with Crippen LogP contribution in [0.5, 0.6) is 11.5 Å². The van der Waals surface area contributed by atoms with E-state index < -0.39 is 0 Å². The van der Waals surface area contributed by atoms with E-state index in [1.54, 1.807) is 12.1 Å². The van der Waals surface area contributed by atoms with E-state index in [-0.39, 0.29) is 11.7 Å². The van der Waals surface area contributed by atoms with E-state index in [1.807, 2.05) is 6.07 Å². The van der Waals surface area contributed by atoms with Crippen molar-refractivity contribution in [3.63, 3.8) is 0 Å². The SMILES string of the molecule is COc1ccc(CNC(=O)CCCCC/C=C\C(C)C)cc1O. The number of phenolic OH excluding ortho intramolecular Hbond substituents is 1. The number of nitrogens with one attached hydrogen (secondary N) is 1. The third kappa shape index (κ3) is 8.29. The topological polar surface area (TPSA) is 58.6 Å². The van der Waals surface area contributed by atoms with Crippen LogP contribution in [0, 0.1) is 5.92 Å². The highest BCUT2D eigenvalue weighted by molar-refractivity contribution is 5.75. The number of phenols is 1. The van der Waals surface area contributed by atoms with Gasteiger partial charge in [-0.05, 0) is 42.9 Å². The number of benzene rings is 1. The minimum atomic E-state index is 0.0537. The summed E-state index contributed by atoms with van der Waals surface area (Å²) in [4.78, 5) is 11.8. The van der Waals surface area contributed by atoms with Crippen LogP contribution in [0.25, 0.3) is 0 Å². The lowest BCUT2D eigenvalue weighted by Gasteiger charge is -2.08. The summed E-state index contributed by atoms with van der Waals surface area (Å²) in [6.45, 7) is 4.76. The predicted molar refractivity (Wildman–Crippen MR) is 93.6 cm³/mol. The number of allylic oxidation sites excluding steroid dienone is 2. The van der Waals surface area contributed by atoms with E-state index in [2.05, 4.69) is 31.3 Å². The van der Waals surface area contributed by atoms with Gasteiger partial charge in [0.1, 0.15) is 0 Å². The largest absolute Gasteiger partial charge is 0.504 e. The number of unbranched alkanes of at least 4 members (excludes halogenated alkanes) is 3. The Morgan fingerprint density at radius 1 is 1.30 bits per heavy atom. The lowest BCUT2D eigenvalue weighted by Crippen LogP contribution is -2.22. The Balaban J connectivity index is 2.16. The van der Waals surface area contributed by atoms with E-state index in [0.29, 0.717) is 24.6 Å². The summed E-state index contributed by atoms with van der Waals surface area (Å²) >= 11 is 0. The average molecular weight is 319 g/mol. The third-order valence-corrected chi connectivity index (χ3v) is 3.53. The van der Waals surface area contributed by atoms with Crippen LogP contribution >= 0.6 is 0 Å². The molecule has 4 nitrogen and oxygen atoms in total. The van der Waals surface area contributed by atoms with Crippen LogP contribution in [0.3, 0.4) is 0 Å². The van der Waals surface area contributed by atoms with E-state index >= 15 is 0 Å². The lowest BCUT2D eigenvalue weighted by atomic mass is 10.1. The maximum absolute atomic E-state index is 11.8. The van der Waals surface area contributed by atoms with Crippen LogP contribution in [0.1, 0.15) is 51.5 Å². The van der Waals surface area contributed by atoms with Crippen molar-refractivity contribution in [2.45, 2.75) is 52.5 Å². The van der Waals surface area contributed by atoms with Crippen molar-refractivity contribution in [2.24, 2.45) is 5.92 Å². The van der Waals surface area contributed by atoms with Gasteiger partial charge in [0.15, 0.2) is 11.5 Å². The van der Waals surface area contributed by atoms with Crippen molar-refractivity contribution in [3.8, 4) is 11.5 Å². The Morgan fingerprint density at radius 2 is 2.09 bits per heavy atom. The number of carbonyl (C=O) groups is 1. The zero-order valence-corrected chi connectivity index (χ0v) is 14.5. The van der Waals surface area contributed by atoms with Crippen LogP contribution in [-0.2, 0) is 11.3 Å². The fourth-order valence-corrected chi connectivity index (χ4v) is 2.23. The molecule has 0 bridgehead atoms. The summed E-state index contributed by atoms with van der Waals surface area (Å²) in [7, 11) is 1.51. The zero-order valence-electron chi connectivity index (χ0n) is 14.5. The number of amides is 1. The van der Waals surface area contributed by atoms with Crippen molar-refractivity contribution in [1.82, 2.24) is 5.32 Å². The number of rotatable bonds is 10. The Bertz CT molecular complexity index is 509. The first kappa shape index (κ1) is 19.1. The molecule has 0 spiro atoms. The van der Waals surface area contributed by atoms with Gasteiger partial charge in [0, 0.05) is 13.0 Å². The van der Waals surface area contributed by atoms with Crippen molar-refractivity contribution in [2.75, 3.05) is 7.11 Å². The van der Waals surface area contributed by atoms with E-state index in [4.69, 9.17) is 4.74 Å². The standard InChI is InChI=1S/C19H29NO3/c1-15(2)9-7-5-4-6-8-10-19(22)20-14-16-11-12-18(23-3)17(21)13-16/h7,9,11-13,15,21H,4-6,8,10,14H2,1-3H3,(H,20,22)/b9-7-. The van der Waals surface area contributed by atoms with E-state index in [0.717, 1.165) is 31.2 Å². The first-order valence-corrected chi connectivity index (χ1v) is 8.32. The summed E-state index contributed by atoms with van der Waals surface area (Å²) < 4.78 is 4.99. The van der Waals surface area contributed by atoms with Gasteiger partial charge in [-0.25, -0.2) is 0 Å². The van der Waals surface area contributed by atoms with Gasteiger partial charge in [-0.1, -0.05) is 38.5 Å². The van der Waals surface area contributed by atoms with Gasteiger partial charge in [0.25, 0.3) is 0 Å². The smallest absolute Gasteiger partial charge is 0.220 e. The molecule has 0 aliphatic rings. The fourth-order valence-electron chi connectivity index (χ4n) is 2.23. The molecule has 1 rings (SSSR count). The molecule has 1 aromatic rings. The molecule has 0 radical (unpaired) electrons. The number of ether oxygens (including phenoxy) is 1. The number of hydrogen-bond acceptors (Lipinski definition) is 3. The van der Waals surface area contributed by atoms with Gasteiger partial charge >= 0.3 is 0 Å². The minimum Gasteiger partial charge on any atom is -0.504 e. The van der Waals surface area contributed by atoms with Crippen molar-refractivity contribution in [3.05, 3.63) is 35.9 Å². The van der Waals surface area contributed by atoms with Crippen LogP contribution in [0.4, 0.5) is 0 Å². The van der Waals surface area contributed by atoms with E-state index in [9.17, 15) is 9.90 Å². The van der Waals surface area contributed by atoms with Crippen LogP contribution in [0.15, 0.2) is 30.4 Å². The second-order valence-corrected chi connectivity index (χ2v) is 6.05. The summed E-state index contributed by atoms with van der Waals surface area (Å²) in [5.41, 5.74) is 0.857. The van der Waals surface area contributed by atoms with Gasteiger partial charge < -0.3 is 15.2 Å². The molecule has 1 aromatic carbocycles. The summed E-state index contributed by atoms with van der Waals surface area (Å²) in [5, 5.41) is 12.6. The lowest BCUT2D eigenvalue weighted by molar-refractivity contribution is -0.121. The molecule has 23 heavy (non-hydrogen) atoms. The second kappa shape index (κ2) is 10.7. The maximum atomic E-state index is 11.8. The molecule has 0 aliphatic heterocycles. The molecule has 0 heterocycles. The van der Waals surface area contributed by atoms with Crippen LogP contribution in [-0.4, -0.2) is 18.1 Å². The van der Waals surface area contributed by atoms with Gasteiger partial charge in [-0.2, -0.15) is 0 Å². The number of hydrogen-bond donors (Lipinski definition) is 2. The summed E-state index contributed by atoms with van der Waals surface area (Å²) in [6, 6.07) is 5.14. The molecule has 0 fully saturated rings. The Hall–Kier alpha value is -1.97. The quantitative estimate of drug-likeness (QED) is 0.502. The van der Waals surface area contributed by atoms with Crippen LogP contribution < -0.4 is 10.1 Å². The van der Waals surface area contributed by atoms with Crippen molar-refractivity contribution >= 4 is 5.91 Å². The van der Waals surface area contributed by atoms with Gasteiger partial charge in [0.05, 0.1) is 7.11 Å².